The van der Waals surface area contributed by atoms with Gasteiger partial charge >= 0.3 is 6.36 Å². The number of alkyl halides is 3. The average molecular weight is 447 g/mol. The van der Waals surface area contributed by atoms with Crippen LogP contribution in [0.2, 0.25) is 0 Å². The lowest BCUT2D eigenvalue weighted by atomic mass is 10.00. The highest BCUT2D eigenvalue weighted by atomic mass is 32.2. The number of hydrogen-bond acceptors (Lipinski definition) is 5. The summed E-state index contributed by atoms with van der Waals surface area (Å²) in [5.41, 5.74) is 1.49. The predicted octanol–water partition coefficient (Wildman–Crippen LogP) is 1.85. The van der Waals surface area contributed by atoms with Gasteiger partial charge in [-0.05, 0) is 37.6 Å². The number of aryl methyl sites for hydroxylation is 2. The van der Waals surface area contributed by atoms with Crippen LogP contribution in [-0.4, -0.2) is 47.9 Å². The molecule has 1 aromatic heterocycles. The molecule has 1 amide bonds. The molecular formula is C17H20F3N5O4S. The Hall–Kier alpha value is -2.64. The van der Waals surface area contributed by atoms with Gasteiger partial charge < -0.3 is 10.1 Å². The largest absolute Gasteiger partial charge is 0.573 e. The number of benzene rings is 1. The van der Waals surface area contributed by atoms with E-state index in [2.05, 4.69) is 19.9 Å². The topological polar surface area (TPSA) is 106 Å². The summed E-state index contributed by atoms with van der Waals surface area (Å²) in [4.78, 5) is 12.8. The van der Waals surface area contributed by atoms with Crippen LogP contribution in [0.3, 0.4) is 0 Å². The minimum atomic E-state index is -4.82. The van der Waals surface area contributed by atoms with E-state index >= 15 is 0 Å². The SMILES string of the molecule is Cc1nn(C)cc1[C@@H]1C[C@H](C(=O)Nc2ccc(OC(F)(F)F)cc2)N(C)S(=O)(=O)N1. The molecule has 1 aliphatic heterocycles. The minimum Gasteiger partial charge on any atom is -0.406 e. The summed E-state index contributed by atoms with van der Waals surface area (Å²) in [5, 5.41) is 6.73. The number of amides is 1. The Morgan fingerprint density at radius 3 is 2.43 bits per heavy atom. The lowest BCUT2D eigenvalue weighted by molar-refractivity contribution is -0.274. The molecule has 1 fully saturated rings. The van der Waals surface area contributed by atoms with Crippen LogP contribution in [0.4, 0.5) is 18.9 Å². The van der Waals surface area contributed by atoms with E-state index in [4.69, 9.17) is 0 Å². The van der Waals surface area contributed by atoms with Gasteiger partial charge in [-0.3, -0.25) is 9.48 Å². The van der Waals surface area contributed by atoms with Crippen molar-refractivity contribution in [1.82, 2.24) is 18.8 Å². The Kier molecular flexibility index (Phi) is 5.80. The monoisotopic (exact) mass is 447 g/mol. The van der Waals surface area contributed by atoms with Crippen molar-refractivity contribution >= 4 is 21.8 Å². The third-order valence-electron chi connectivity index (χ3n) is 4.65. The number of carbonyl (C=O) groups is 1. The number of likely N-dealkylation sites (N-methyl/N-ethyl adjacent to an activating group) is 1. The second-order valence-electron chi connectivity index (χ2n) is 6.85. The molecule has 0 radical (unpaired) electrons. The molecule has 9 nitrogen and oxygen atoms in total. The van der Waals surface area contributed by atoms with Crippen molar-refractivity contribution in [3.8, 4) is 5.75 Å². The van der Waals surface area contributed by atoms with E-state index in [9.17, 15) is 26.4 Å². The Bertz CT molecular complexity index is 1040. The lowest BCUT2D eigenvalue weighted by Crippen LogP contribution is -2.56. The van der Waals surface area contributed by atoms with E-state index < -0.39 is 40.3 Å². The number of ether oxygens (including phenoxy) is 1. The molecule has 2 N–H and O–H groups in total. The zero-order valence-corrected chi connectivity index (χ0v) is 17.1. The third-order valence-corrected chi connectivity index (χ3v) is 6.25. The molecule has 2 heterocycles. The van der Waals surface area contributed by atoms with Crippen molar-refractivity contribution in [3.05, 3.63) is 41.7 Å². The first-order valence-electron chi connectivity index (χ1n) is 8.78. The van der Waals surface area contributed by atoms with Crippen molar-refractivity contribution in [2.45, 2.75) is 31.8 Å². The number of nitrogens with zero attached hydrogens (tertiary/aromatic N) is 3. The number of rotatable bonds is 4. The highest BCUT2D eigenvalue weighted by Gasteiger charge is 2.41. The Balaban J connectivity index is 1.77. The normalized spacial score (nSPS) is 21.9. The predicted molar refractivity (Wildman–Crippen MR) is 101 cm³/mol. The van der Waals surface area contributed by atoms with Crippen LogP contribution in [0, 0.1) is 6.92 Å². The summed E-state index contributed by atoms with van der Waals surface area (Å²) in [6, 6.07) is 2.88. The summed E-state index contributed by atoms with van der Waals surface area (Å²) in [7, 11) is -0.958. The molecule has 2 aromatic rings. The van der Waals surface area contributed by atoms with Crippen LogP contribution < -0.4 is 14.8 Å². The van der Waals surface area contributed by atoms with Gasteiger partial charge in [-0.25, -0.2) is 0 Å². The quantitative estimate of drug-likeness (QED) is 0.744. The highest BCUT2D eigenvalue weighted by molar-refractivity contribution is 7.87. The van der Waals surface area contributed by atoms with Gasteiger partial charge in [-0.2, -0.15) is 22.5 Å². The van der Waals surface area contributed by atoms with Gasteiger partial charge in [-0.15, -0.1) is 13.2 Å². The highest BCUT2D eigenvalue weighted by Crippen LogP contribution is 2.30. The van der Waals surface area contributed by atoms with Crippen LogP contribution in [-0.2, 0) is 22.1 Å². The van der Waals surface area contributed by atoms with E-state index in [-0.39, 0.29) is 12.1 Å². The molecule has 0 saturated carbocycles. The maximum atomic E-state index is 12.8. The molecule has 0 aliphatic carbocycles. The molecule has 0 unspecified atom stereocenters. The molecule has 3 rings (SSSR count). The molecule has 0 bridgehead atoms. The summed E-state index contributed by atoms with van der Waals surface area (Å²) < 4.78 is 70.6. The smallest absolute Gasteiger partial charge is 0.406 e. The minimum absolute atomic E-state index is 0.142. The van der Waals surface area contributed by atoms with Gasteiger partial charge in [0.2, 0.25) is 5.91 Å². The Labute approximate surface area is 171 Å². The molecule has 1 aliphatic rings. The van der Waals surface area contributed by atoms with Gasteiger partial charge in [0.1, 0.15) is 11.8 Å². The fourth-order valence-corrected chi connectivity index (χ4v) is 4.50. The Morgan fingerprint density at radius 1 is 1.27 bits per heavy atom. The van der Waals surface area contributed by atoms with Crippen molar-refractivity contribution in [2.75, 3.05) is 12.4 Å². The number of aromatic nitrogens is 2. The number of carbonyl (C=O) groups excluding carboxylic acids is 1. The maximum absolute atomic E-state index is 12.8. The van der Waals surface area contributed by atoms with Crippen LogP contribution in [0.25, 0.3) is 0 Å². The second kappa shape index (κ2) is 7.89. The van der Waals surface area contributed by atoms with Gasteiger partial charge in [0.05, 0.1) is 11.7 Å². The van der Waals surface area contributed by atoms with Crippen molar-refractivity contribution < 1.29 is 31.1 Å². The van der Waals surface area contributed by atoms with Crippen LogP contribution in [0.15, 0.2) is 30.5 Å². The zero-order chi connectivity index (χ0) is 22.3. The van der Waals surface area contributed by atoms with Crippen molar-refractivity contribution in [3.63, 3.8) is 0 Å². The molecule has 2 atom stereocenters. The second-order valence-corrected chi connectivity index (χ2v) is 8.61. The molecular weight excluding hydrogens is 427 g/mol. The fraction of sp³-hybridized carbons (Fsp3) is 0.412. The molecule has 1 aromatic carbocycles. The molecule has 0 spiro atoms. The van der Waals surface area contributed by atoms with Crippen molar-refractivity contribution in [1.29, 1.82) is 0 Å². The molecule has 30 heavy (non-hydrogen) atoms. The number of hydrogen-bond donors (Lipinski definition) is 2. The van der Waals surface area contributed by atoms with Crippen LogP contribution in [0.1, 0.15) is 23.7 Å². The van der Waals surface area contributed by atoms with E-state index in [0.29, 0.717) is 11.3 Å². The average Bonchev–Trinajstić information content (AvgIpc) is 2.96. The molecule has 13 heteroatoms. The van der Waals surface area contributed by atoms with Gasteiger partial charge in [0.15, 0.2) is 0 Å². The third kappa shape index (κ3) is 4.91. The number of halogens is 3. The lowest BCUT2D eigenvalue weighted by Gasteiger charge is -2.36. The first-order chi connectivity index (χ1) is 13.9. The summed E-state index contributed by atoms with van der Waals surface area (Å²) in [5.74, 6) is -1.05. The van der Waals surface area contributed by atoms with Gasteiger partial charge in [0.25, 0.3) is 10.2 Å². The molecule has 164 valence electrons. The van der Waals surface area contributed by atoms with Gasteiger partial charge in [-0.1, -0.05) is 0 Å². The van der Waals surface area contributed by atoms with E-state index in [1.165, 1.54) is 19.2 Å². The van der Waals surface area contributed by atoms with E-state index in [1.807, 2.05) is 0 Å². The summed E-state index contributed by atoms with van der Waals surface area (Å²) in [6.07, 6.45) is -3.00. The maximum Gasteiger partial charge on any atom is 0.573 e. The standard InChI is InChI=1S/C17H20F3N5O4S/c1-10-13(9-24(2)22-10)14-8-15(25(3)30(27,28)23-14)16(26)21-11-4-6-12(7-5-11)29-17(18,19)20/h4-7,9,14-15,23H,8H2,1-3H3,(H,21,26)/t14-,15+/m0/s1. The first-order valence-corrected chi connectivity index (χ1v) is 10.2. The number of nitrogens with one attached hydrogen (secondary N) is 2. The van der Waals surface area contributed by atoms with Crippen LogP contribution >= 0.6 is 0 Å². The fourth-order valence-electron chi connectivity index (χ4n) is 3.24. The van der Waals surface area contributed by atoms with Crippen LogP contribution in [0.5, 0.6) is 5.75 Å². The first kappa shape index (κ1) is 22.1. The Morgan fingerprint density at radius 2 is 1.90 bits per heavy atom. The van der Waals surface area contributed by atoms with E-state index in [0.717, 1.165) is 16.4 Å². The number of anilines is 1. The van der Waals surface area contributed by atoms with E-state index in [1.54, 1.807) is 24.9 Å². The van der Waals surface area contributed by atoms with Gasteiger partial charge in [0, 0.05) is 31.5 Å². The molecule has 1 saturated heterocycles. The van der Waals surface area contributed by atoms with Crippen molar-refractivity contribution in [2.24, 2.45) is 7.05 Å². The summed E-state index contributed by atoms with van der Waals surface area (Å²) in [6.45, 7) is 1.74. The summed E-state index contributed by atoms with van der Waals surface area (Å²) >= 11 is 0. The zero-order valence-electron chi connectivity index (χ0n) is 16.3.